The monoisotopic (exact) mass is 354 g/mol. The number of aliphatic carboxylic acids is 1. The standard InChI is InChI=1S/C19H22N4O3/c1-10-8-12-13-9-26-16-14-11(5-7-21-16)4-6-20-15(14)23(13)18(2,3)19(10,22-12)17(24)25/h4-7,10,12-13,22H,8-9H2,1-3H3,(H,24,25). The first-order valence-corrected chi connectivity index (χ1v) is 9.05. The van der Waals surface area contributed by atoms with E-state index in [1.54, 1.807) is 12.4 Å². The first-order chi connectivity index (χ1) is 12.4. The molecular formula is C19H22N4O3. The van der Waals surface area contributed by atoms with Crippen LogP contribution in [0.1, 0.15) is 27.2 Å². The molecule has 3 aliphatic rings. The molecule has 2 aromatic heterocycles. The molecule has 0 amide bonds. The van der Waals surface area contributed by atoms with Gasteiger partial charge >= 0.3 is 5.97 Å². The Morgan fingerprint density at radius 2 is 2.08 bits per heavy atom. The SMILES string of the molecule is CC1CC2NC1(C(=O)O)C(C)(C)N1c3nccc4ccnc(c34)OCC21. The summed E-state index contributed by atoms with van der Waals surface area (Å²) in [7, 11) is 0. The minimum atomic E-state index is -1.04. The van der Waals surface area contributed by atoms with Crippen LogP contribution in [0.5, 0.6) is 5.88 Å². The molecule has 0 saturated carbocycles. The van der Waals surface area contributed by atoms with Crippen LogP contribution in [0.3, 0.4) is 0 Å². The Morgan fingerprint density at radius 1 is 1.35 bits per heavy atom. The molecule has 2 aromatic rings. The number of carboxylic acid groups (broad SMARTS) is 1. The average Bonchev–Trinajstić information content (AvgIpc) is 2.83. The summed E-state index contributed by atoms with van der Waals surface area (Å²) in [4.78, 5) is 23.7. The zero-order chi connectivity index (χ0) is 18.3. The van der Waals surface area contributed by atoms with Crippen LogP contribution in [0.4, 0.5) is 5.82 Å². The number of hydrogen-bond acceptors (Lipinski definition) is 6. The maximum absolute atomic E-state index is 12.5. The van der Waals surface area contributed by atoms with E-state index >= 15 is 0 Å². The number of pyridine rings is 2. The molecule has 5 rings (SSSR count). The Balaban J connectivity index is 1.81. The van der Waals surface area contributed by atoms with E-state index in [0.717, 1.165) is 23.0 Å². The summed E-state index contributed by atoms with van der Waals surface area (Å²) in [5.41, 5.74) is -1.73. The van der Waals surface area contributed by atoms with Gasteiger partial charge in [-0.1, -0.05) is 6.92 Å². The van der Waals surface area contributed by atoms with Gasteiger partial charge in [-0.25, -0.2) is 9.97 Å². The van der Waals surface area contributed by atoms with Gasteiger partial charge in [-0.15, -0.1) is 0 Å². The fourth-order valence-corrected chi connectivity index (χ4v) is 5.54. The van der Waals surface area contributed by atoms with Gasteiger partial charge in [0.15, 0.2) is 0 Å². The number of hydrogen-bond donors (Lipinski definition) is 2. The molecule has 0 aliphatic carbocycles. The third-order valence-corrected chi connectivity index (χ3v) is 6.70. The number of fused-ring (bicyclic) bond motifs is 5. The van der Waals surface area contributed by atoms with Crippen LogP contribution in [0.2, 0.25) is 0 Å². The van der Waals surface area contributed by atoms with Crippen molar-refractivity contribution in [2.45, 2.75) is 50.4 Å². The third kappa shape index (κ3) is 1.65. The molecule has 26 heavy (non-hydrogen) atoms. The zero-order valence-corrected chi connectivity index (χ0v) is 15.1. The number of anilines is 1. The first-order valence-electron chi connectivity index (χ1n) is 9.05. The summed E-state index contributed by atoms with van der Waals surface area (Å²) in [5.74, 6) is 0.535. The highest BCUT2D eigenvalue weighted by molar-refractivity contribution is 5.97. The van der Waals surface area contributed by atoms with Crippen molar-refractivity contribution in [1.82, 2.24) is 15.3 Å². The highest BCUT2D eigenvalue weighted by Crippen LogP contribution is 2.51. The van der Waals surface area contributed by atoms with Crippen LogP contribution in [0.25, 0.3) is 10.8 Å². The van der Waals surface area contributed by atoms with E-state index in [1.807, 2.05) is 32.9 Å². The fourth-order valence-electron chi connectivity index (χ4n) is 5.54. The number of ether oxygens (including phenoxy) is 1. The Bertz CT molecular complexity index is 925. The summed E-state index contributed by atoms with van der Waals surface area (Å²) in [5, 5.41) is 15.5. The Morgan fingerprint density at radius 3 is 2.81 bits per heavy atom. The molecule has 2 bridgehead atoms. The van der Waals surface area contributed by atoms with Crippen molar-refractivity contribution in [3.8, 4) is 5.88 Å². The van der Waals surface area contributed by atoms with Crippen molar-refractivity contribution >= 4 is 22.6 Å². The van der Waals surface area contributed by atoms with E-state index in [1.165, 1.54) is 0 Å². The lowest BCUT2D eigenvalue weighted by molar-refractivity contribution is -0.150. The topological polar surface area (TPSA) is 87.6 Å². The molecule has 4 atom stereocenters. The zero-order valence-electron chi connectivity index (χ0n) is 15.1. The van der Waals surface area contributed by atoms with Crippen LogP contribution in [-0.2, 0) is 4.79 Å². The average molecular weight is 354 g/mol. The van der Waals surface area contributed by atoms with Crippen LogP contribution >= 0.6 is 0 Å². The molecule has 2 fully saturated rings. The smallest absolute Gasteiger partial charge is 0.326 e. The lowest BCUT2D eigenvalue weighted by Gasteiger charge is -2.57. The molecule has 0 spiro atoms. The maximum atomic E-state index is 12.5. The number of rotatable bonds is 1. The minimum Gasteiger partial charge on any atom is -0.480 e. The van der Waals surface area contributed by atoms with Crippen LogP contribution in [0.15, 0.2) is 24.5 Å². The molecule has 136 valence electrons. The maximum Gasteiger partial charge on any atom is 0.326 e. The molecule has 4 unspecified atom stereocenters. The fraction of sp³-hybridized carbons (Fsp3) is 0.526. The second-order valence-corrected chi connectivity index (χ2v) is 8.16. The Kier molecular flexibility index (Phi) is 2.95. The molecule has 0 aromatic carbocycles. The number of nitrogens with one attached hydrogen (secondary N) is 1. The largest absolute Gasteiger partial charge is 0.480 e. The van der Waals surface area contributed by atoms with Crippen molar-refractivity contribution in [3.05, 3.63) is 24.5 Å². The summed E-state index contributed by atoms with van der Waals surface area (Å²) >= 11 is 0. The lowest BCUT2D eigenvalue weighted by Crippen LogP contribution is -2.79. The summed E-state index contributed by atoms with van der Waals surface area (Å²) in [6.45, 7) is 6.48. The van der Waals surface area contributed by atoms with Gasteiger partial charge in [-0.05, 0) is 43.7 Å². The van der Waals surface area contributed by atoms with Gasteiger partial charge in [0, 0.05) is 18.4 Å². The number of aromatic nitrogens is 2. The predicted molar refractivity (Wildman–Crippen MR) is 96.5 cm³/mol. The minimum absolute atomic E-state index is 0.000464. The van der Waals surface area contributed by atoms with E-state index in [2.05, 4.69) is 20.2 Å². The van der Waals surface area contributed by atoms with Crippen molar-refractivity contribution < 1.29 is 14.6 Å². The molecule has 2 saturated heterocycles. The summed E-state index contributed by atoms with van der Waals surface area (Å²) in [6, 6.07) is 3.90. The van der Waals surface area contributed by atoms with E-state index in [9.17, 15) is 9.90 Å². The molecule has 5 heterocycles. The highest BCUT2D eigenvalue weighted by Gasteiger charge is 2.68. The number of nitrogens with zero attached hydrogens (tertiary/aromatic N) is 3. The number of carboxylic acids is 1. The van der Waals surface area contributed by atoms with Crippen LogP contribution in [-0.4, -0.2) is 50.8 Å². The van der Waals surface area contributed by atoms with Crippen LogP contribution < -0.4 is 15.0 Å². The number of piperazine rings is 1. The van der Waals surface area contributed by atoms with Gasteiger partial charge in [-0.2, -0.15) is 0 Å². The summed E-state index contributed by atoms with van der Waals surface area (Å²) in [6.07, 6.45) is 4.31. The normalized spacial score (nSPS) is 34.1. The molecule has 0 radical (unpaired) electrons. The van der Waals surface area contributed by atoms with Gasteiger partial charge in [0.05, 0.1) is 17.0 Å². The Hall–Kier alpha value is -2.41. The Labute approximate surface area is 151 Å². The van der Waals surface area contributed by atoms with Gasteiger partial charge in [0.1, 0.15) is 18.0 Å². The van der Waals surface area contributed by atoms with Gasteiger partial charge in [-0.3, -0.25) is 10.1 Å². The van der Waals surface area contributed by atoms with Crippen LogP contribution in [0, 0.1) is 5.92 Å². The molecule has 7 nitrogen and oxygen atoms in total. The summed E-state index contributed by atoms with van der Waals surface area (Å²) < 4.78 is 6.08. The lowest BCUT2D eigenvalue weighted by atomic mass is 9.71. The van der Waals surface area contributed by atoms with Crippen molar-refractivity contribution in [2.24, 2.45) is 5.92 Å². The number of carbonyl (C=O) groups is 1. The third-order valence-electron chi connectivity index (χ3n) is 6.70. The van der Waals surface area contributed by atoms with E-state index in [0.29, 0.717) is 12.5 Å². The molecule has 3 aliphatic heterocycles. The van der Waals surface area contributed by atoms with Crippen molar-refractivity contribution in [3.63, 3.8) is 0 Å². The van der Waals surface area contributed by atoms with Crippen molar-refractivity contribution in [2.75, 3.05) is 11.5 Å². The van der Waals surface area contributed by atoms with Gasteiger partial charge in [0.25, 0.3) is 0 Å². The predicted octanol–water partition coefficient (Wildman–Crippen LogP) is 1.81. The quantitative estimate of drug-likeness (QED) is 0.807. The van der Waals surface area contributed by atoms with E-state index < -0.39 is 17.0 Å². The molecule has 7 heteroatoms. The van der Waals surface area contributed by atoms with Crippen molar-refractivity contribution in [1.29, 1.82) is 0 Å². The van der Waals surface area contributed by atoms with Gasteiger partial charge in [0.2, 0.25) is 5.88 Å². The van der Waals surface area contributed by atoms with E-state index in [-0.39, 0.29) is 18.0 Å². The highest BCUT2D eigenvalue weighted by atomic mass is 16.5. The second kappa shape index (κ2) is 4.85. The van der Waals surface area contributed by atoms with E-state index in [4.69, 9.17) is 4.74 Å². The second-order valence-electron chi connectivity index (χ2n) is 8.16. The van der Waals surface area contributed by atoms with Gasteiger partial charge < -0.3 is 14.7 Å². The molecule has 2 N–H and O–H groups in total. The molecular weight excluding hydrogens is 332 g/mol. The first kappa shape index (κ1) is 15.8.